The van der Waals surface area contributed by atoms with Crippen molar-refractivity contribution in [3.8, 4) is 0 Å². The second kappa shape index (κ2) is 4.32. The smallest absolute Gasteiger partial charge is 0.349 e. The van der Waals surface area contributed by atoms with E-state index in [1.807, 2.05) is 6.92 Å². The largest absolute Gasteiger partial charge is 0.394 e. The van der Waals surface area contributed by atoms with Crippen molar-refractivity contribution in [3.63, 3.8) is 0 Å². The molecule has 0 amide bonds. The van der Waals surface area contributed by atoms with Crippen molar-refractivity contribution >= 4 is 0 Å². The summed E-state index contributed by atoms with van der Waals surface area (Å²) in [6, 6.07) is 0. The van der Waals surface area contributed by atoms with Gasteiger partial charge in [-0.15, -0.1) is 0 Å². The number of rotatable bonds is 2. The van der Waals surface area contributed by atoms with Crippen LogP contribution in [0.2, 0.25) is 0 Å². The molecule has 2 heterocycles. The van der Waals surface area contributed by atoms with Gasteiger partial charge in [0.05, 0.1) is 12.7 Å². The maximum Gasteiger partial charge on any atom is 0.349 e. The Hall–Kier alpha value is -1.24. The van der Waals surface area contributed by atoms with Crippen LogP contribution in [0.1, 0.15) is 18.2 Å². The lowest BCUT2D eigenvalue weighted by Gasteiger charge is -2.14. The van der Waals surface area contributed by atoms with Crippen molar-refractivity contribution in [1.82, 2.24) is 9.55 Å². The minimum absolute atomic E-state index is 0.258. The summed E-state index contributed by atoms with van der Waals surface area (Å²) >= 11 is 0. The van der Waals surface area contributed by atoms with Crippen molar-refractivity contribution in [2.45, 2.75) is 31.8 Å². The SMILES string of the molecule is Cc1c[15n]c(=O)n([C@H]2C[C@H](O)[C@@H](CO)O2)c1. The average molecular weight is 227 g/mol. The fourth-order valence-corrected chi connectivity index (χ4v) is 1.79. The van der Waals surface area contributed by atoms with Gasteiger partial charge in [0.25, 0.3) is 0 Å². The van der Waals surface area contributed by atoms with Crippen LogP contribution in [0, 0.1) is 6.92 Å². The molecule has 2 rings (SSSR count). The first-order valence-corrected chi connectivity index (χ1v) is 5.11. The molecule has 1 aliphatic heterocycles. The summed E-state index contributed by atoms with van der Waals surface area (Å²) in [5, 5.41) is 18.5. The standard InChI is InChI=1S/C10H14N2O4/c1-6-3-11-10(15)12(4-6)9-2-7(14)8(5-13)16-9/h3-4,7-9,13-14H,2,5H2,1H3/t7-,8+,9+/m0/s1/i11+1. The summed E-state index contributed by atoms with van der Waals surface area (Å²) in [5.41, 5.74) is 0.423. The van der Waals surface area contributed by atoms with Gasteiger partial charge < -0.3 is 14.9 Å². The summed E-state index contributed by atoms with van der Waals surface area (Å²) < 4.78 is 6.71. The molecule has 0 unspecified atom stereocenters. The molecule has 0 radical (unpaired) electrons. The van der Waals surface area contributed by atoms with E-state index >= 15 is 0 Å². The molecular weight excluding hydrogens is 213 g/mol. The molecule has 16 heavy (non-hydrogen) atoms. The molecule has 1 aromatic heterocycles. The maximum atomic E-state index is 11.5. The molecule has 88 valence electrons. The van der Waals surface area contributed by atoms with Crippen molar-refractivity contribution < 1.29 is 14.9 Å². The quantitative estimate of drug-likeness (QED) is 0.690. The van der Waals surface area contributed by atoms with Crippen molar-refractivity contribution in [2.24, 2.45) is 0 Å². The number of ether oxygens (including phenoxy) is 1. The van der Waals surface area contributed by atoms with Gasteiger partial charge in [-0.1, -0.05) is 0 Å². The Balaban J connectivity index is 2.26. The van der Waals surface area contributed by atoms with E-state index < -0.39 is 24.1 Å². The molecule has 1 saturated heterocycles. The Morgan fingerprint density at radius 1 is 1.69 bits per heavy atom. The third kappa shape index (κ3) is 1.99. The molecule has 0 bridgehead atoms. The van der Waals surface area contributed by atoms with Gasteiger partial charge in [0.2, 0.25) is 0 Å². The van der Waals surface area contributed by atoms with E-state index in [2.05, 4.69) is 4.98 Å². The summed E-state index contributed by atoms with van der Waals surface area (Å²) in [6.07, 6.45) is 1.48. The van der Waals surface area contributed by atoms with E-state index in [1.54, 1.807) is 6.20 Å². The predicted molar refractivity (Wildman–Crippen MR) is 54.9 cm³/mol. The lowest BCUT2D eigenvalue weighted by molar-refractivity contribution is -0.0459. The van der Waals surface area contributed by atoms with Gasteiger partial charge in [-0.05, 0) is 12.5 Å². The van der Waals surface area contributed by atoms with Gasteiger partial charge in [0, 0.05) is 18.8 Å². The molecule has 6 heteroatoms. The van der Waals surface area contributed by atoms with Crippen LogP contribution >= 0.6 is 0 Å². The number of aliphatic hydroxyl groups excluding tert-OH is 2. The van der Waals surface area contributed by atoms with Gasteiger partial charge in [0.1, 0.15) is 12.3 Å². The van der Waals surface area contributed by atoms with Gasteiger partial charge >= 0.3 is 5.69 Å². The lowest BCUT2D eigenvalue weighted by Crippen LogP contribution is -2.27. The zero-order chi connectivity index (χ0) is 11.7. The second-order valence-electron chi connectivity index (χ2n) is 3.94. The number of nitrogens with zero attached hydrogens (tertiary/aromatic N) is 2. The topological polar surface area (TPSA) is 84.6 Å². The molecule has 1 aromatic rings. The number of aliphatic hydroxyl groups is 2. The molecule has 6 nitrogen and oxygen atoms in total. The Morgan fingerprint density at radius 2 is 2.44 bits per heavy atom. The number of hydrogen-bond donors (Lipinski definition) is 2. The van der Waals surface area contributed by atoms with Crippen LogP contribution in [-0.2, 0) is 4.74 Å². The number of hydrogen-bond acceptors (Lipinski definition) is 5. The van der Waals surface area contributed by atoms with E-state index in [4.69, 9.17) is 9.84 Å². The van der Waals surface area contributed by atoms with E-state index in [1.165, 1.54) is 10.8 Å². The van der Waals surface area contributed by atoms with Crippen LogP contribution in [0.15, 0.2) is 17.2 Å². The van der Waals surface area contributed by atoms with Crippen LogP contribution in [0.3, 0.4) is 0 Å². The first kappa shape index (κ1) is 11.3. The fraction of sp³-hybridized carbons (Fsp3) is 0.600. The molecule has 3 atom stereocenters. The molecule has 1 aliphatic rings. The molecule has 0 spiro atoms. The van der Waals surface area contributed by atoms with Gasteiger partial charge in [-0.25, -0.2) is 9.78 Å². The summed E-state index contributed by atoms with van der Waals surface area (Å²) in [7, 11) is 0. The first-order chi connectivity index (χ1) is 7.61. The third-order valence-corrected chi connectivity index (χ3v) is 2.64. The van der Waals surface area contributed by atoms with Crippen LogP contribution in [0.5, 0.6) is 0 Å². The Morgan fingerprint density at radius 3 is 3.06 bits per heavy atom. The summed E-state index contributed by atoms with van der Waals surface area (Å²) in [5.74, 6) is 0. The van der Waals surface area contributed by atoms with E-state index in [0.29, 0.717) is 0 Å². The highest BCUT2D eigenvalue weighted by atomic mass is 16.5. The molecule has 1 fully saturated rings. The van der Waals surface area contributed by atoms with Crippen LogP contribution < -0.4 is 5.69 Å². The van der Waals surface area contributed by atoms with Gasteiger partial charge in [-0.2, -0.15) is 0 Å². The van der Waals surface area contributed by atoms with E-state index in [9.17, 15) is 9.90 Å². The third-order valence-electron chi connectivity index (χ3n) is 2.64. The molecular formula is C10H14N2O4. The molecule has 0 aliphatic carbocycles. The fourth-order valence-electron chi connectivity index (χ4n) is 1.79. The van der Waals surface area contributed by atoms with Crippen molar-refractivity contribution in [1.29, 1.82) is 0 Å². The Labute approximate surface area is 92.1 Å². The second-order valence-corrected chi connectivity index (χ2v) is 3.94. The Kier molecular flexibility index (Phi) is 3.04. The van der Waals surface area contributed by atoms with E-state index in [0.717, 1.165) is 5.56 Å². The lowest BCUT2D eigenvalue weighted by atomic mass is 10.2. The maximum absolute atomic E-state index is 11.5. The van der Waals surface area contributed by atoms with Gasteiger partial charge in [0.15, 0.2) is 0 Å². The van der Waals surface area contributed by atoms with Crippen molar-refractivity contribution in [3.05, 3.63) is 28.4 Å². The highest BCUT2D eigenvalue weighted by Gasteiger charge is 2.34. The van der Waals surface area contributed by atoms with Crippen LogP contribution in [-0.4, -0.2) is 38.6 Å². The zero-order valence-electron chi connectivity index (χ0n) is 8.91. The molecule has 0 aromatic carbocycles. The molecule has 2 N–H and O–H groups in total. The van der Waals surface area contributed by atoms with Crippen molar-refractivity contribution in [2.75, 3.05) is 6.61 Å². The number of aryl methyl sites for hydroxylation is 1. The normalized spacial score (nSPS) is 29.6. The summed E-state index contributed by atoms with van der Waals surface area (Å²) in [6.45, 7) is 1.56. The van der Waals surface area contributed by atoms with Crippen LogP contribution in [0.25, 0.3) is 0 Å². The first-order valence-electron chi connectivity index (χ1n) is 5.11. The average Bonchev–Trinajstić information content (AvgIpc) is 2.63. The Bertz CT molecular complexity index is 431. The van der Waals surface area contributed by atoms with Crippen LogP contribution in [0.4, 0.5) is 0 Å². The number of aromatic nitrogens is 2. The molecule has 0 saturated carbocycles. The minimum atomic E-state index is -0.748. The minimum Gasteiger partial charge on any atom is -0.394 e. The zero-order valence-corrected chi connectivity index (χ0v) is 8.91. The predicted octanol–water partition coefficient (Wildman–Crippen LogP) is -0.808. The van der Waals surface area contributed by atoms with E-state index in [-0.39, 0.29) is 13.0 Å². The monoisotopic (exact) mass is 227 g/mol. The highest BCUT2D eigenvalue weighted by molar-refractivity contribution is 5.01. The summed E-state index contributed by atoms with van der Waals surface area (Å²) in [4.78, 5) is 15.2. The highest BCUT2D eigenvalue weighted by Crippen LogP contribution is 2.27. The van der Waals surface area contributed by atoms with Gasteiger partial charge in [-0.3, -0.25) is 4.57 Å².